The lowest BCUT2D eigenvalue weighted by atomic mass is 10.1. The van der Waals surface area contributed by atoms with Crippen molar-refractivity contribution in [3.8, 4) is 0 Å². The summed E-state index contributed by atoms with van der Waals surface area (Å²) in [6.07, 6.45) is 2.10. The number of anilines is 1. The van der Waals surface area contributed by atoms with Gasteiger partial charge in [0.25, 0.3) is 0 Å². The van der Waals surface area contributed by atoms with E-state index in [1.165, 1.54) is 22.5 Å². The van der Waals surface area contributed by atoms with Crippen LogP contribution in [0.3, 0.4) is 0 Å². The smallest absolute Gasteiger partial charge is 0.243 e. The molecule has 5 nitrogen and oxygen atoms in total. The Morgan fingerprint density at radius 1 is 1.00 bits per heavy atom. The third kappa shape index (κ3) is 4.70. The molecule has 144 valence electrons. The van der Waals surface area contributed by atoms with E-state index in [2.05, 4.69) is 5.32 Å². The topological polar surface area (TPSA) is 66.5 Å². The fourth-order valence-electron chi connectivity index (χ4n) is 2.96. The number of halogens is 2. The van der Waals surface area contributed by atoms with Crippen LogP contribution >= 0.6 is 0 Å². The maximum atomic E-state index is 13.2. The van der Waals surface area contributed by atoms with Crippen LogP contribution in [0.4, 0.5) is 14.5 Å². The van der Waals surface area contributed by atoms with Crippen LogP contribution in [-0.4, -0.2) is 31.7 Å². The second kappa shape index (κ2) is 8.14. The van der Waals surface area contributed by atoms with Crippen LogP contribution in [0.5, 0.6) is 0 Å². The monoisotopic (exact) mass is 394 g/mol. The standard InChI is InChI=1S/C19H20F2N2O3S/c20-17-9-3-14(13-18(17)21)4-10-19(24)22-15-5-7-16(8-6-15)27(25,26)23-11-1-2-12-23/h3,5-9,13H,1-2,4,10-12H2,(H,22,24). The maximum Gasteiger partial charge on any atom is 0.243 e. The molecule has 0 unspecified atom stereocenters. The van der Waals surface area contributed by atoms with Gasteiger partial charge in [-0.25, -0.2) is 17.2 Å². The minimum atomic E-state index is -3.48. The van der Waals surface area contributed by atoms with Gasteiger partial charge in [-0.05, 0) is 61.2 Å². The Hall–Kier alpha value is -2.32. The summed E-state index contributed by atoms with van der Waals surface area (Å²) in [7, 11) is -3.48. The number of hydrogen-bond donors (Lipinski definition) is 1. The highest BCUT2D eigenvalue weighted by Gasteiger charge is 2.26. The average Bonchev–Trinajstić information content (AvgIpc) is 3.19. The van der Waals surface area contributed by atoms with Gasteiger partial charge in [-0.1, -0.05) is 6.07 Å². The van der Waals surface area contributed by atoms with Crippen molar-refractivity contribution in [3.63, 3.8) is 0 Å². The summed E-state index contributed by atoms with van der Waals surface area (Å²) in [4.78, 5) is 12.2. The molecule has 0 spiro atoms. The Morgan fingerprint density at radius 3 is 2.30 bits per heavy atom. The van der Waals surface area contributed by atoms with Gasteiger partial charge in [0.2, 0.25) is 15.9 Å². The molecule has 0 aliphatic carbocycles. The van der Waals surface area contributed by atoms with E-state index in [1.807, 2.05) is 0 Å². The van der Waals surface area contributed by atoms with Crippen LogP contribution in [0.1, 0.15) is 24.8 Å². The molecule has 0 saturated carbocycles. The van der Waals surface area contributed by atoms with Gasteiger partial charge in [0, 0.05) is 25.2 Å². The molecule has 3 rings (SSSR count). The first-order chi connectivity index (χ1) is 12.9. The number of carbonyl (C=O) groups is 1. The third-order valence-corrected chi connectivity index (χ3v) is 6.38. The molecule has 2 aromatic carbocycles. The van der Waals surface area contributed by atoms with Crippen molar-refractivity contribution < 1.29 is 22.0 Å². The zero-order chi connectivity index (χ0) is 19.4. The van der Waals surface area contributed by atoms with Gasteiger partial charge in [0.15, 0.2) is 11.6 Å². The molecule has 8 heteroatoms. The summed E-state index contributed by atoms with van der Waals surface area (Å²) in [6, 6.07) is 9.56. The molecular formula is C19H20F2N2O3S. The fraction of sp³-hybridized carbons (Fsp3) is 0.316. The molecule has 1 aliphatic rings. The summed E-state index contributed by atoms with van der Waals surface area (Å²) in [5.41, 5.74) is 1.00. The average molecular weight is 394 g/mol. The summed E-state index contributed by atoms with van der Waals surface area (Å²) in [5, 5.41) is 2.67. The van der Waals surface area contributed by atoms with E-state index in [-0.39, 0.29) is 23.6 Å². The number of nitrogens with zero attached hydrogens (tertiary/aromatic N) is 1. The predicted octanol–water partition coefficient (Wildman–Crippen LogP) is 3.32. The van der Waals surface area contributed by atoms with Gasteiger partial charge in [0.1, 0.15) is 0 Å². The van der Waals surface area contributed by atoms with E-state index in [9.17, 15) is 22.0 Å². The van der Waals surface area contributed by atoms with Gasteiger partial charge in [0.05, 0.1) is 4.90 Å². The van der Waals surface area contributed by atoms with Crippen molar-refractivity contribution in [2.24, 2.45) is 0 Å². The van der Waals surface area contributed by atoms with E-state index >= 15 is 0 Å². The second-order valence-electron chi connectivity index (χ2n) is 6.43. The summed E-state index contributed by atoms with van der Waals surface area (Å²) < 4.78 is 52.4. The van der Waals surface area contributed by atoms with Crippen molar-refractivity contribution in [2.45, 2.75) is 30.6 Å². The minimum absolute atomic E-state index is 0.0961. The SMILES string of the molecule is O=C(CCc1ccc(F)c(F)c1)Nc1ccc(S(=O)(=O)N2CCCC2)cc1. The van der Waals surface area contributed by atoms with Crippen LogP contribution in [-0.2, 0) is 21.2 Å². The summed E-state index contributed by atoms with van der Waals surface area (Å²) in [6.45, 7) is 1.07. The van der Waals surface area contributed by atoms with Crippen LogP contribution < -0.4 is 5.32 Å². The molecule has 0 atom stereocenters. The Labute approximate surface area is 157 Å². The van der Waals surface area contributed by atoms with Crippen LogP contribution in [0.15, 0.2) is 47.4 Å². The molecule has 27 heavy (non-hydrogen) atoms. The molecule has 2 aromatic rings. The first-order valence-electron chi connectivity index (χ1n) is 8.70. The number of nitrogens with one attached hydrogen (secondary N) is 1. The Morgan fingerprint density at radius 2 is 1.67 bits per heavy atom. The van der Waals surface area contributed by atoms with E-state index in [1.54, 1.807) is 12.1 Å². The van der Waals surface area contributed by atoms with Gasteiger partial charge in [-0.15, -0.1) is 0 Å². The quantitative estimate of drug-likeness (QED) is 0.817. The minimum Gasteiger partial charge on any atom is -0.326 e. The first-order valence-corrected chi connectivity index (χ1v) is 10.1. The summed E-state index contributed by atoms with van der Waals surface area (Å²) >= 11 is 0. The van der Waals surface area contributed by atoms with E-state index in [4.69, 9.17) is 0 Å². The number of benzene rings is 2. The summed E-state index contributed by atoms with van der Waals surface area (Å²) in [5.74, 6) is -2.16. The molecule has 1 saturated heterocycles. The molecule has 0 aromatic heterocycles. The zero-order valence-electron chi connectivity index (χ0n) is 14.6. The van der Waals surface area contributed by atoms with Crippen molar-refractivity contribution in [2.75, 3.05) is 18.4 Å². The number of amides is 1. The predicted molar refractivity (Wildman–Crippen MR) is 97.7 cm³/mol. The number of carbonyl (C=O) groups excluding carboxylic acids is 1. The largest absolute Gasteiger partial charge is 0.326 e. The highest BCUT2D eigenvalue weighted by Crippen LogP contribution is 2.22. The van der Waals surface area contributed by atoms with E-state index in [0.29, 0.717) is 24.3 Å². The van der Waals surface area contributed by atoms with Crippen LogP contribution in [0.25, 0.3) is 0 Å². The molecule has 0 bridgehead atoms. The Bertz CT molecular complexity index is 924. The van der Waals surface area contributed by atoms with Crippen molar-refractivity contribution in [1.29, 1.82) is 0 Å². The van der Waals surface area contributed by atoms with E-state index in [0.717, 1.165) is 25.0 Å². The third-order valence-electron chi connectivity index (χ3n) is 4.47. The molecule has 1 N–H and O–H groups in total. The van der Waals surface area contributed by atoms with Gasteiger partial charge in [-0.2, -0.15) is 4.31 Å². The van der Waals surface area contributed by atoms with Crippen molar-refractivity contribution in [1.82, 2.24) is 4.31 Å². The zero-order valence-corrected chi connectivity index (χ0v) is 15.4. The normalized spacial score (nSPS) is 15.0. The number of rotatable bonds is 6. The number of sulfonamides is 1. The van der Waals surface area contributed by atoms with Gasteiger partial charge in [-0.3, -0.25) is 4.79 Å². The van der Waals surface area contributed by atoms with Gasteiger partial charge < -0.3 is 5.32 Å². The Balaban J connectivity index is 1.57. The lowest BCUT2D eigenvalue weighted by Crippen LogP contribution is -2.27. The lowest BCUT2D eigenvalue weighted by Gasteiger charge is -2.15. The Kier molecular flexibility index (Phi) is 5.86. The molecule has 1 heterocycles. The second-order valence-corrected chi connectivity index (χ2v) is 8.37. The molecule has 1 amide bonds. The van der Waals surface area contributed by atoms with Gasteiger partial charge >= 0.3 is 0 Å². The highest BCUT2D eigenvalue weighted by atomic mass is 32.2. The van der Waals surface area contributed by atoms with Crippen molar-refractivity contribution >= 4 is 21.6 Å². The molecule has 1 fully saturated rings. The maximum absolute atomic E-state index is 13.2. The van der Waals surface area contributed by atoms with Crippen LogP contribution in [0.2, 0.25) is 0 Å². The molecule has 1 aliphatic heterocycles. The molecular weight excluding hydrogens is 374 g/mol. The first kappa shape index (κ1) is 19.4. The molecule has 0 radical (unpaired) electrons. The van der Waals surface area contributed by atoms with E-state index < -0.39 is 21.7 Å². The van der Waals surface area contributed by atoms with Crippen LogP contribution in [0, 0.1) is 11.6 Å². The number of hydrogen-bond acceptors (Lipinski definition) is 3. The fourth-order valence-corrected chi connectivity index (χ4v) is 4.48. The highest BCUT2D eigenvalue weighted by molar-refractivity contribution is 7.89. The van der Waals surface area contributed by atoms with Crippen molar-refractivity contribution in [3.05, 3.63) is 59.7 Å². The lowest BCUT2D eigenvalue weighted by molar-refractivity contribution is -0.116. The number of aryl methyl sites for hydroxylation is 1.